The molecule has 158 valence electrons. The first-order chi connectivity index (χ1) is 14.1. The van der Waals surface area contributed by atoms with Crippen molar-refractivity contribution in [2.24, 2.45) is 5.92 Å². The lowest BCUT2D eigenvalue weighted by Gasteiger charge is -2.37. The predicted octanol–water partition coefficient (Wildman–Crippen LogP) is 3.49. The number of nitrogens with zero attached hydrogens (tertiary/aromatic N) is 3. The van der Waals surface area contributed by atoms with Crippen LogP contribution in [0.4, 0.5) is 10.1 Å². The van der Waals surface area contributed by atoms with Crippen LogP contribution in [0.1, 0.15) is 51.0 Å². The molecule has 1 amide bonds. The molecular weight excluding hydrogens is 367 g/mol. The maximum Gasteiger partial charge on any atom is 0.234 e. The van der Waals surface area contributed by atoms with Gasteiger partial charge in [0.1, 0.15) is 12.2 Å². The van der Waals surface area contributed by atoms with Gasteiger partial charge < -0.3 is 10.2 Å². The van der Waals surface area contributed by atoms with E-state index >= 15 is 0 Å². The van der Waals surface area contributed by atoms with Gasteiger partial charge in [-0.3, -0.25) is 9.69 Å². The van der Waals surface area contributed by atoms with E-state index in [1.54, 1.807) is 6.07 Å². The lowest BCUT2D eigenvalue weighted by molar-refractivity contribution is -0.121. The number of carbonyl (C=O) groups is 1. The van der Waals surface area contributed by atoms with Crippen molar-refractivity contribution in [3.63, 3.8) is 0 Å². The second-order valence-electron chi connectivity index (χ2n) is 8.38. The van der Waals surface area contributed by atoms with Crippen LogP contribution in [0, 0.1) is 23.1 Å². The molecule has 0 unspecified atom stereocenters. The lowest BCUT2D eigenvalue weighted by Crippen LogP contribution is -2.47. The van der Waals surface area contributed by atoms with E-state index in [2.05, 4.69) is 22.0 Å². The van der Waals surface area contributed by atoms with E-state index in [1.165, 1.54) is 12.0 Å². The third-order valence-electron chi connectivity index (χ3n) is 6.44. The Morgan fingerprint density at radius 1 is 1.21 bits per heavy atom. The number of carbonyl (C=O) groups excluding carboxylic acids is 1. The molecule has 0 aromatic heterocycles. The standard InChI is InChI=1S/C23H33FN4O/c1-2-18-5-8-21(24)22(17-18)28-15-13-27(14-16-28)12-10-19-3-6-20(7-4-19)26-23(29)9-11-25/h5,8,17,19-20H,2-4,6-7,9-10,12-16H2,1H3,(H,26,29)/t19-,20-. The molecule has 0 atom stereocenters. The molecule has 1 N–H and O–H groups in total. The average Bonchev–Trinajstić information content (AvgIpc) is 2.74. The van der Waals surface area contributed by atoms with E-state index in [9.17, 15) is 9.18 Å². The Morgan fingerprint density at radius 3 is 2.59 bits per heavy atom. The summed E-state index contributed by atoms with van der Waals surface area (Å²) in [6.07, 6.45) is 6.40. The third-order valence-corrected chi connectivity index (χ3v) is 6.44. The highest BCUT2D eigenvalue weighted by Gasteiger charge is 2.24. The number of amides is 1. The van der Waals surface area contributed by atoms with E-state index < -0.39 is 0 Å². The number of aryl methyl sites for hydroxylation is 1. The largest absolute Gasteiger partial charge is 0.367 e. The molecule has 1 aliphatic carbocycles. The maximum atomic E-state index is 14.2. The molecular formula is C23H33FN4O. The average molecular weight is 401 g/mol. The Kier molecular flexibility index (Phi) is 7.88. The van der Waals surface area contributed by atoms with Gasteiger partial charge in [-0.1, -0.05) is 13.0 Å². The molecule has 29 heavy (non-hydrogen) atoms. The molecule has 3 rings (SSSR count). The monoisotopic (exact) mass is 400 g/mol. The molecule has 6 heteroatoms. The number of rotatable bonds is 7. The van der Waals surface area contributed by atoms with Crippen LogP contribution in [0.5, 0.6) is 0 Å². The fourth-order valence-electron chi connectivity index (χ4n) is 4.54. The smallest absolute Gasteiger partial charge is 0.234 e. The zero-order chi connectivity index (χ0) is 20.6. The Morgan fingerprint density at radius 2 is 1.93 bits per heavy atom. The molecule has 5 nitrogen and oxygen atoms in total. The highest BCUT2D eigenvalue weighted by molar-refractivity contribution is 5.78. The molecule has 1 saturated carbocycles. The molecule has 1 saturated heterocycles. The minimum absolute atomic E-state index is 0.0431. The van der Waals surface area contributed by atoms with Crippen LogP contribution < -0.4 is 10.2 Å². The van der Waals surface area contributed by atoms with Crippen molar-refractivity contribution in [1.29, 1.82) is 5.26 Å². The van der Waals surface area contributed by atoms with Gasteiger partial charge in [0.15, 0.2) is 0 Å². The van der Waals surface area contributed by atoms with Crippen molar-refractivity contribution < 1.29 is 9.18 Å². The van der Waals surface area contributed by atoms with Crippen molar-refractivity contribution in [1.82, 2.24) is 10.2 Å². The van der Waals surface area contributed by atoms with E-state index in [0.29, 0.717) is 0 Å². The number of nitriles is 1. The summed E-state index contributed by atoms with van der Waals surface area (Å²) in [4.78, 5) is 16.2. The Labute approximate surface area is 173 Å². The summed E-state index contributed by atoms with van der Waals surface area (Å²) in [6.45, 7) is 6.92. The summed E-state index contributed by atoms with van der Waals surface area (Å²) >= 11 is 0. The lowest BCUT2D eigenvalue weighted by atomic mass is 9.84. The van der Waals surface area contributed by atoms with Gasteiger partial charge in [-0.25, -0.2) is 4.39 Å². The first kappa shape index (κ1) is 21.6. The van der Waals surface area contributed by atoms with E-state index in [1.807, 2.05) is 18.2 Å². The molecule has 1 aromatic carbocycles. The molecule has 2 fully saturated rings. The van der Waals surface area contributed by atoms with Gasteiger partial charge >= 0.3 is 0 Å². The van der Waals surface area contributed by atoms with Gasteiger partial charge in [-0.05, 0) is 68.7 Å². The Balaban J connectivity index is 1.37. The molecule has 0 spiro atoms. The molecule has 0 radical (unpaired) electrons. The second kappa shape index (κ2) is 10.6. The minimum Gasteiger partial charge on any atom is -0.367 e. The van der Waals surface area contributed by atoms with Crippen LogP contribution in [0.3, 0.4) is 0 Å². The fourth-order valence-corrected chi connectivity index (χ4v) is 4.54. The summed E-state index contributed by atoms with van der Waals surface area (Å²) in [5.41, 5.74) is 1.93. The summed E-state index contributed by atoms with van der Waals surface area (Å²) < 4.78 is 14.2. The van der Waals surface area contributed by atoms with Gasteiger partial charge in [0.25, 0.3) is 0 Å². The topological polar surface area (TPSA) is 59.4 Å². The van der Waals surface area contributed by atoms with Crippen molar-refractivity contribution in [2.75, 3.05) is 37.6 Å². The summed E-state index contributed by atoms with van der Waals surface area (Å²) in [6, 6.07) is 7.61. The number of piperazine rings is 1. The van der Waals surface area contributed by atoms with Gasteiger partial charge in [-0.2, -0.15) is 5.26 Å². The molecule has 1 aliphatic heterocycles. The van der Waals surface area contributed by atoms with Crippen molar-refractivity contribution in [3.05, 3.63) is 29.6 Å². The van der Waals surface area contributed by atoms with Crippen LogP contribution in [0.2, 0.25) is 0 Å². The zero-order valence-electron chi connectivity index (χ0n) is 17.5. The van der Waals surface area contributed by atoms with Crippen LogP contribution in [-0.2, 0) is 11.2 Å². The zero-order valence-corrected chi connectivity index (χ0v) is 17.5. The van der Waals surface area contributed by atoms with Crippen LogP contribution in [0.25, 0.3) is 0 Å². The van der Waals surface area contributed by atoms with Gasteiger partial charge in [0.05, 0.1) is 11.8 Å². The number of nitrogens with one attached hydrogen (secondary N) is 1. The summed E-state index contributed by atoms with van der Waals surface area (Å²) in [5.74, 6) is 0.458. The maximum absolute atomic E-state index is 14.2. The SMILES string of the molecule is CCc1ccc(F)c(N2CCN(CC[C@H]3CC[C@H](NC(=O)CC#N)CC3)CC2)c1. The summed E-state index contributed by atoms with van der Waals surface area (Å²) in [7, 11) is 0. The Hall–Kier alpha value is -2.13. The van der Waals surface area contributed by atoms with Gasteiger partial charge in [-0.15, -0.1) is 0 Å². The van der Waals surface area contributed by atoms with Crippen LogP contribution in [-0.4, -0.2) is 49.6 Å². The first-order valence-electron chi connectivity index (χ1n) is 11.0. The Bertz CT molecular complexity index is 716. The third kappa shape index (κ3) is 6.17. The van der Waals surface area contributed by atoms with E-state index in [4.69, 9.17) is 5.26 Å². The number of hydrogen-bond donors (Lipinski definition) is 1. The molecule has 1 heterocycles. The molecule has 0 bridgehead atoms. The number of benzene rings is 1. The van der Waals surface area contributed by atoms with Gasteiger partial charge in [0.2, 0.25) is 5.91 Å². The highest BCUT2D eigenvalue weighted by Crippen LogP contribution is 2.28. The second-order valence-corrected chi connectivity index (χ2v) is 8.38. The van der Waals surface area contributed by atoms with Crippen molar-refractivity contribution in [3.8, 4) is 6.07 Å². The van der Waals surface area contributed by atoms with Crippen LogP contribution in [0.15, 0.2) is 18.2 Å². The number of anilines is 1. The highest BCUT2D eigenvalue weighted by atomic mass is 19.1. The number of halogens is 1. The number of hydrogen-bond acceptors (Lipinski definition) is 4. The van der Waals surface area contributed by atoms with E-state index in [-0.39, 0.29) is 24.2 Å². The first-order valence-corrected chi connectivity index (χ1v) is 11.0. The normalized spacial score (nSPS) is 22.9. The quantitative estimate of drug-likeness (QED) is 0.761. The fraction of sp³-hybridized carbons (Fsp3) is 0.652. The van der Waals surface area contributed by atoms with Crippen LogP contribution >= 0.6 is 0 Å². The molecule has 1 aromatic rings. The predicted molar refractivity (Wildman–Crippen MR) is 113 cm³/mol. The molecule has 2 aliphatic rings. The van der Waals surface area contributed by atoms with Crippen molar-refractivity contribution >= 4 is 11.6 Å². The van der Waals surface area contributed by atoms with Crippen molar-refractivity contribution in [2.45, 2.75) is 57.9 Å². The summed E-state index contributed by atoms with van der Waals surface area (Å²) in [5, 5.41) is 11.6. The van der Waals surface area contributed by atoms with Gasteiger partial charge in [0, 0.05) is 32.2 Å². The minimum atomic E-state index is -0.144. The van der Waals surface area contributed by atoms with E-state index in [0.717, 1.165) is 76.4 Å².